The van der Waals surface area contributed by atoms with Crippen molar-refractivity contribution in [2.45, 2.75) is 81.4 Å². The molecule has 2 heterocycles. The second kappa shape index (κ2) is 10.7. The van der Waals surface area contributed by atoms with Crippen LogP contribution in [0.25, 0.3) is 0 Å². The van der Waals surface area contributed by atoms with Gasteiger partial charge in [-0.25, -0.2) is 8.42 Å². The third-order valence-electron chi connectivity index (χ3n) is 9.86. The smallest absolute Gasteiger partial charge is 0.303 e. The van der Waals surface area contributed by atoms with Gasteiger partial charge in [-0.1, -0.05) is 56.3 Å². The zero-order valence-electron chi connectivity index (χ0n) is 25.0. The molecule has 4 aliphatic rings. The van der Waals surface area contributed by atoms with E-state index in [-0.39, 0.29) is 23.7 Å². The molecule has 0 N–H and O–H groups in total. The minimum absolute atomic E-state index is 0.0773. The first kappa shape index (κ1) is 29.2. The molecule has 8 nitrogen and oxygen atoms in total. The van der Waals surface area contributed by atoms with E-state index in [1.165, 1.54) is 6.92 Å². The van der Waals surface area contributed by atoms with Crippen LogP contribution in [-0.4, -0.2) is 74.1 Å². The van der Waals surface area contributed by atoms with Crippen LogP contribution in [0.15, 0.2) is 55.1 Å². The van der Waals surface area contributed by atoms with Gasteiger partial charge in [0.25, 0.3) is 0 Å². The fourth-order valence-corrected chi connectivity index (χ4v) is 10.5. The van der Waals surface area contributed by atoms with E-state index in [4.69, 9.17) is 14.2 Å². The Kier molecular flexibility index (Phi) is 7.43. The monoisotopic (exact) mass is 594 g/mol. The Morgan fingerprint density at radius 1 is 1.21 bits per heavy atom. The summed E-state index contributed by atoms with van der Waals surface area (Å²) in [6.07, 6.45) is 3.81. The third kappa shape index (κ3) is 4.30. The molecule has 0 amide bonds. The van der Waals surface area contributed by atoms with Gasteiger partial charge in [0.05, 0.1) is 30.4 Å². The molecule has 2 aliphatic heterocycles. The SMILES string of the molecule is C=CCN1CC[C@]23c4c5ccc(OC)c4O[C@H]2[C@@H](N(CC(C)C)S(=O)(=O)Cc2ccccc2)CC[C@@]3(OC(C)=O)[C@H]1C5. The molecular weight excluding hydrogens is 552 g/mol. The van der Waals surface area contributed by atoms with Crippen molar-refractivity contribution in [1.82, 2.24) is 9.21 Å². The van der Waals surface area contributed by atoms with Crippen LogP contribution in [0, 0.1) is 5.92 Å². The van der Waals surface area contributed by atoms with Crippen molar-refractivity contribution in [3.05, 3.63) is 71.8 Å². The standard InChI is InChI=1S/C33H42N2O6S/c1-6-17-34-18-16-32-29-25-12-13-27(39-5)30(29)40-31(32)26(14-15-33(32,28(34)19-25)41-23(4)36)35(20-22(2)3)42(37,38)21-24-10-8-7-9-11-24/h6-13,22,26,28,31H,1,14-21H2,2-5H3/t26-,28+,31-,32-,33+/m0/s1. The molecule has 0 unspecified atom stereocenters. The van der Waals surface area contributed by atoms with E-state index in [0.29, 0.717) is 50.3 Å². The average molecular weight is 595 g/mol. The molecule has 0 aromatic heterocycles. The van der Waals surface area contributed by atoms with Gasteiger partial charge in [0.2, 0.25) is 10.0 Å². The number of nitrogens with zero attached hydrogens (tertiary/aromatic N) is 2. The summed E-state index contributed by atoms with van der Waals surface area (Å²) in [5, 5.41) is 0. The maximum absolute atomic E-state index is 14.3. The van der Waals surface area contributed by atoms with Gasteiger partial charge in [0.15, 0.2) is 11.5 Å². The van der Waals surface area contributed by atoms with Gasteiger partial charge in [-0.15, -0.1) is 6.58 Å². The molecule has 0 radical (unpaired) electrons. The highest BCUT2D eigenvalue weighted by Crippen LogP contribution is 2.67. The number of benzene rings is 2. The Balaban J connectivity index is 1.53. The number of hydrogen-bond donors (Lipinski definition) is 0. The Morgan fingerprint density at radius 3 is 2.64 bits per heavy atom. The summed E-state index contributed by atoms with van der Waals surface area (Å²) < 4.78 is 49.6. The van der Waals surface area contributed by atoms with E-state index in [2.05, 4.69) is 17.5 Å². The fourth-order valence-electron chi connectivity index (χ4n) is 8.55. The fraction of sp³-hybridized carbons (Fsp3) is 0.545. The number of hydrogen-bond acceptors (Lipinski definition) is 7. The van der Waals surface area contributed by atoms with Crippen molar-refractivity contribution in [3.63, 3.8) is 0 Å². The molecule has 2 aliphatic carbocycles. The van der Waals surface area contributed by atoms with E-state index < -0.39 is 33.2 Å². The average Bonchev–Trinajstić information content (AvgIpc) is 3.29. The number of carbonyl (C=O) groups is 1. The summed E-state index contributed by atoms with van der Waals surface area (Å²) in [6.45, 7) is 11.4. The van der Waals surface area contributed by atoms with Gasteiger partial charge in [-0.2, -0.15) is 4.31 Å². The predicted molar refractivity (Wildman–Crippen MR) is 161 cm³/mol. The molecular formula is C33H42N2O6S. The van der Waals surface area contributed by atoms with Gasteiger partial charge < -0.3 is 14.2 Å². The van der Waals surface area contributed by atoms with Crippen LogP contribution >= 0.6 is 0 Å². The number of likely N-dealkylation sites (tertiary alicyclic amines) is 1. The number of carbonyl (C=O) groups excluding carboxylic acids is 1. The molecule has 1 spiro atoms. The van der Waals surface area contributed by atoms with Crippen molar-refractivity contribution in [3.8, 4) is 11.5 Å². The maximum atomic E-state index is 14.3. The second-order valence-electron chi connectivity index (χ2n) is 12.7. The minimum Gasteiger partial charge on any atom is -0.493 e. The maximum Gasteiger partial charge on any atom is 0.303 e. The third-order valence-corrected chi connectivity index (χ3v) is 11.7. The first-order valence-electron chi connectivity index (χ1n) is 15.0. The Bertz CT molecular complexity index is 1480. The highest BCUT2D eigenvalue weighted by Gasteiger charge is 2.76. The Labute approximate surface area is 249 Å². The summed E-state index contributed by atoms with van der Waals surface area (Å²) in [5.74, 6) is 0.998. The van der Waals surface area contributed by atoms with E-state index in [1.54, 1.807) is 11.4 Å². The van der Waals surface area contributed by atoms with Gasteiger partial charge in [0, 0.05) is 32.1 Å². The van der Waals surface area contributed by atoms with Crippen LogP contribution in [0.2, 0.25) is 0 Å². The topological polar surface area (TPSA) is 85.4 Å². The van der Waals surface area contributed by atoms with Crippen molar-refractivity contribution >= 4 is 16.0 Å². The quantitative estimate of drug-likeness (QED) is 0.297. The van der Waals surface area contributed by atoms with Crippen LogP contribution in [0.4, 0.5) is 0 Å². The van der Waals surface area contributed by atoms with Gasteiger partial charge in [0.1, 0.15) is 11.7 Å². The molecule has 2 fully saturated rings. The highest BCUT2D eigenvalue weighted by atomic mass is 32.2. The number of esters is 1. The first-order valence-corrected chi connectivity index (χ1v) is 16.6. The van der Waals surface area contributed by atoms with Crippen LogP contribution < -0.4 is 9.47 Å². The van der Waals surface area contributed by atoms with E-state index in [0.717, 1.165) is 23.2 Å². The largest absolute Gasteiger partial charge is 0.493 e. The van der Waals surface area contributed by atoms with Crippen LogP contribution in [0.1, 0.15) is 56.7 Å². The van der Waals surface area contributed by atoms with Crippen molar-refractivity contribution in [2.75, 3.05) is 26.7 Å². The van der Waals surface area contributed by atoms with Crippen molar-refractivity contribution in [1.29, 1.82) is 0 Å². The summed E-state index contributed by atoms with van der Waals surface area (Å²) in [5.41, 5.74) is 1.37. The van der Waals surface area contributed by atoms with Gasteiger partial charge >= 0.3 is 5.97 Å². The highest BCUT2D eigenvalue weighted by molar-refractivity contribution is 7.88. The second-order valence-corrected chi connectivity index (χ2v) is 14.6. The number of ether oxygens (including phenoxy) is 3. The molecule has 2 aromatic carbocycles. The molecule has 42 heavy (non-hydrogen) atoms. The van der Waals surface area contributed by atoms with Crippen LogP contribution in [-0.2, 0) is 37.1 Å². The molecule has 2 aromatic rings. The Morgan fingerprint density at radius 2 is 1.98 bits per heavy atom. The lowest BCUT2D eigenvalue weighted by Crippen LogP contribution is -2.79. The zero-order valence-corrected chi connectivity index (χ0v) is 25.9. The lowest BCUT2D eigenvalue weighted by Gasteiger charge is -2.65. The van der Waals surface area contributed by atoms with Crippen LogP contribution in [0.3, 0.4) is 0 Å². The van der Waals surface area contributed by atoms with E-state index in [1.807, 2.05) is 56.3 Å². The summed E-state index contributed by atoms with van der Waals surface area (Å²) in [6, 6.07) is 12.9. The molecule has 2 bridgehead atoms. The van der Waals surface area contributed by atoms with E-state index in [9.17, 15) is 13.2 Å². The molecule has 226 valence electrons. The first-order chi connectivity index (χ1) is 20.1. The molecule has 1 saturated carbocycles. The molecule has 5 atom stereocenters. The number of rotatable bonds is 10. The summed E-state index contributed by atoms with van der Waals surface area (Å²) in [7, 11) is -2.09. The predicted octanol–water partition coefficient (Wildman–Crippen LogP) is 4.46. The Hall–Kier alpha value is -2.88. The van der Waals surface area contributed by atoms with E-state index >= 15 is 0 Å². The molecule has 1 saturated heterocycles. The minimum atomic E-state index is -3.72. The van der Waals surface area contributed by atoms with Crippen molar-refractivity contribution < 1.29 is 27.4 Å². The zero-order chi connectivity index (χ0) is 29.9. The number of methoxy groups -OCH3 is 1. The van der Waals surface area contributed by atoms with Gasteiger partial charge in [-0.05, 0) is 48.8 Å². The number of sulfonamides is 1. The lowest BCUT2D eigenvalue weighted by molar-refractivity contribution is -0.220. The summed E-state index contributed by atoms with van der Waals surface area (Å²) in [4.78, 5) is 15.3. The normalized spacial score (nSPS) is 29.6. The van der Waals surface area contributed by atoms with Gasteiger partial charge in [-0.3, -0.25) is 9.69 Å². The molecule has 6 rings (SSSR count). The number of piperidine rings is 1. The molecule has 9 heteroatoms. The summed E-state index contributed by atoms with van der Waals surface area (Å²) >= 11 is 0. The van der Waals surface area contributed by atoms with Crippen LogP contribution in [0.5, 0.6) is 11.5 Å². The van der Waals surface area contributed by atoms with Crippen molar-refractivity contribution in [2.24, 2.45) is 5.92 Å². The lowest BCUT2D eigenvalue weighted by atomic mass is 9.48.